The molecule has 1 rings (SSSR count). The van der Waals surface area contributed by atoms with E-state index in [1.165, 1.54) is 109 Å². The molecule has 1 atom stereocenters. The van der Waals surface area contributed by atoms with Gasteiger partial charge in [0.05, 0.1) is 6.20 Å². The third kappa shape index (κ3) is 14.7. The fraction of sp³-hybridized carbons (Fsp3) is 0.793. The van der Waals surface area contributed by atoms with Crippen LogP contribution in [-0.2, 0) is 4.79 Å². The molecule has 0 aromatic carbocycles. The molecule has 1 heterocycles. The van der Waals surface area contributed by atoms with E-state index in [4.69, 9.17) is 5.73 Å². The number of hydrogen-bond acceptors (Lipinski definition) is 3. The number of aliphatic carboxylic acids is 1. The van der Waals surface area contributed by atoms with Gasteiger partial charge >= 0.3 is 5.97 Å². The third-order valence-electron chi connectivity index (χ3n) is 6.95. The van der Waals surface area contributed by atoms with Gasteiger partial charge in [0.25, 0.3) is 0 Å². The molecular weight excluding hydrogens is 422 g/mol. The van der Waals surface area contributed by atoms with Gasteiger partial charge < -0.3 is 10.8 Å². The number of amidine groups is 1. The maximum absolute atomic E-state index is 11.3. The normalized spacial score (nSPS) is 17.6. The van der Waals surface area contributed by atoms with E-state index in [9.17, 15) is 9.90 Å². The van der Waals surface area contributed by atoms with E-state index in [-0.39, 0.29) is 6.54 Å². The number of aliphatic imine (C=N–C) groups is 1. The van der Waals surface area contributed by atoms with Gasteiger partial charge in [0, 0.05) is 13.0 Å². The maximum Gasteiger partial charge on any atom is 0.360 e. The van der Waals surface area contributed by atoms with Gasteiger partial charge in [0.1, 0.15) is 12.7 Å². The van der Waals surface area contributed by atoms with Gasteiger partial charge in [-0.2, -0.15) is 0 Å². The molecule has 0 aliphatic carbocycles. The highest BCUT2D eigenvalue weighted by atomic mass is 16.4. The Labute approximate surface area is 210 Å². The van der Waals surface area contributed by atoms with Crippen molar-refractivity contribution >= 4 is 11.8 Å². The molecule has 0 spiro atoms. The predicted octanol–water partition coefficient (Wildman–Crippen LogP) is 7.72. The zero-order chi connectivity index (χ0) is 24.7. The van der Waals surface area contributed by atoms with Crippen molar-refractivity contribution in [3.8, 4) is 0 Å². The maximum atomic E-state index is 11.3. The zero-order valence-electron chi connectivity index (χ0n) is 22.2. The SMILES string of the molecule is CCCCCCCCCCCCC/C=C/CCCCCCCC1=NC=C[N+]1(CCN)CC(=O)O. The molecule has 5 heteroatoms. The Hall–Kier alpha value is -1.46. The molecule has 1 aliphatic heterocycles. The Morgan fingerprint density at radius 3 is 1.85 bits per heavy atom. The summed E-state index contributed by atoms with van der Waals surface area (Å²) in [4.78, 5) is 15.7. The molecular formula is C29H54N3O2+. The number of rotatable bonds is 24. The number of nitrogens with two attached hydrogens (primary N) is 1. The van der Waals surface area contributed by atoms with Gasteiger partial charge in [-0.05, 0) is 32.1 Å². The average molecular weight is 477 g/mol. The minimum Gasteiger partial charge on any atom is -0.477 e. The van der Waals surface area contributed by atoms with Gasteiger partial charge in [0.2, 0.25) is 5.84 Å². The molecule has 0 saturated heterocycles. The fourth-order valence-corrected chi connectivity index (χ4v) is 4.87. The van der Waals surface area contributed by atoms with Crippen LogP contribution in [0.4, 0.5) is 0 Å². The van der Waals surface area contributed by atoms with Crippen LogP contribution in [0.15, 0.2) is 29.5 Å². The highest BCUT2D eigenvalue weighted by Crippen LogP contribution is 2.21. The summed E-state index contributed by atoms with van der Waals surface area (Å²) in [6.45, 7) is 3.39. The van der Waals surface area contributed by atoms with E-state index in [0.717, 1.165) is 18.7 Å². The van der Waals surface area contributed by atoms with Gasteiger partial charge in [-0.1, -0.05) is 103 Å². The lowest BCUT2D eigenvalue weighted by atomic mass is 10.0. The number of carboxylic acid groups (broad SMARTS) is 1. The predicted molar refractivity (Wildman–Crippen MR) is 146 cm³/mol. The topological polar surface area (TPSA) is 75.7 Å². The summed E-state index contributed by atoms with van der Waals surface area (Å²) in [6.07, 6.45) is 33.2. The first-order valence-corrected chi connectivity index (χ1v) is 14.3. The molecule has 0 aromatic heterocycles. The largest absolute Gasteiger partial charge is 0.477 e. The summed E-state index contributed by atoms with van der Waals surface area (Å²) in [5.41, 5.74) is 5.73. The van der Waals surface area contributed by atoms with Crippen molar-refractivity contribution in [2.45, 2.75) is 129 Å². The number of hydrogen-bond donors (Lipinski definition) is 2. The first-order valence-electron chi connectivity index (χ1n) is 14.3. The Morgan fingerprint density at radius 2 is 1.35 bits per heavy atom. The second-order valence-electron chi connectivity index (χ2n) is 10.0. The lowest BCUT2D eigenvalue weighted by Crippen LogP contribution is -2.52. The minimum atomic E-state index is -0.802. The number of carboxylic acids is 1. The van der Waals surface area contributed by atoms with Crippen LogP contribution in [0.3, 0.4) is 0 Å². The van der Waals surface area contributed by atoms with Crippen LogP contribution in [-0.4, -0.2) is 41.0 Å². The van der Waals surface area contributed by atoms with Crippen molar-refractivity contribution in [3.63, 3.8) is 0 Å². The molecule has 0 radical (unpaired) electrons. The Morgan fingerprint density at radius 1 is 0.853 bits per heavy atom. The van der Waals surface area contributed by atoms with E-state index < -0.39 is 5.97 Å². The van der Waals surface area contributed by atoms with Crippen LogP contribution in [0.25, 0.3) is 0 Å². The Kier molecular flexibility index (Phi) is 18.8. The molecule has 0 aromatic rings. The fourth-order valence-electron chi connectivity index (χ4n) is 4.87. The lowest BCUT2D eigenvalue weighted by Gasteiger charge is -2.30. The van der Waals surface area contributed by atoms with Gasteiger partial charge in [-0.25, -0.2) is 14.3 Å². The number of allylic oxidation sites excluding steroid dienone is 2. The summed E-state index contributed by atoms with van der Waals surface area (Å²) in [6, 6.07) is 0. The molecule has 1 aliphatic rings. The zero-order valence-corrected chi connectivity index (χ0v) is 22.2. The van der Waals surface area contributed by atoms with Crippen molar-refractivity contribution in [3.05, 3.63) is 24.6 Å². The summed E-state index contributed by atoms with van der Waals surface area (Å²) in [7, 11) is 0. The van der Waals surface area contributed by atoms with Gasteiger partial charge in [0.15, 0.2) is 6.54 Å². The second-order valence-corrected chi connectivity index (χ2v) is 10.0. The summed E-state index contributed by atoms with van der Waals surface area (Å²) in [5, 5.41) is 9.27. The smallest absolute Gasteiger partial charge is 0.360 e. The van der Waals surface area contributed by atoms with Gasteiger partial charge in [-0.15, -0.1) is 0 Å². The second kappa shape index (κ2) is 20.9. The summed E-state index contributed by atoms with van der Waals surface area (Å²) >= 11 is 0. The first kappa shape index (κ1) is 30.6. The van der Waals surface area contributed by atoms with E-state index in [2.05, 4.69) is 24.1 Å². The van der Waals surface area contributed by atoms with Crippen LogP contribution in [0.5, 0.6) is 0 Å². The third-order valence-corrected chi connectivity index (χ3v) is 6.95. The Balaban J connectivity index is 1.92. The Bertz CT molecular complexity index is 600. The molecule has 3 N–H and O–H groups in total. The van der Waals surface area contributed by atoms with E-state index in [1.54, 1.807) is 6.20 Å². The van der Waals surface area contributed by atoms with Crippen molar-refractivity contribution in [1.82, 2.24) is 0 Å². The van der Waals surface area contributed by atoms with Crippen molar-refractivity contribution < 1.29 is 14.4 Å². The van der Waals surface area contributed by atoms with Crippen molar-refractivity contribution in [1.29, 1.82) is 0 Å². The number of nitrogens with zero attached hydrogens (tertiary/aromatic N) is 2. The molecule has 0 bridgehead atoms. The molecule has 34 heavy (non-hydrogen) atoms. The van der Waals surface area contributed by atoms with E-state index in [1.807, 2.05) is 6.20 Å². The van der Waals surface area contributed by atoms with E-state index >= 15 is 0 Å². The first-order chi connectivity index (χ1) is 16.6. The van der Waals surface area contributed by atoms with Crippen LogP contribution in [0.2, 0.25) is 0 Å². The highest BCUT2D eigenvalue weighted by Gasteiger charge is 2.36. The monoisotopic (exact) mass is 476 g/mol. The van der Waals surface area contributed by atoms with Crippen LogP contribution in [0, 0.1) is 0 Å². The van der Waals surface area contributed by atoms with Crippen LogP contribution >= 0.6 is 0 Å². The summed E-state index contributed by atoms with van der Waals surface area (Å²) in [5.74, 6) is 0.155. The quantitative estimate of drug-likeness (QED) is 0.0850. The number of carbonyl (C=O) groups is 1. The van der Waals surface area contributed by atoms with E-state index in [0.29, 0.717) is 17.6 Å². The van der Waals surface area contributed by atoms with Crippen molar-refractivity contribution in [2.75, 3.05) is 19.6 Å². The standard InChI is InChI=1S/C29H53N3O2/c1-2-3-4-5-6-7-8-9-10-11-12-13-14-15-16-17-18-19-20-21-22-28-31-24-26-32(28,25-23-30)27-29(33)34/h14-15,24,26H,2-13,16-23,25,27,30H2,1H3/p+1/b15-14+. The number of unbranched alkanes of at least 4 members (excludes halogenated alkanes) is 16. The molecule has 0 fully saturated rings. The molecule has 1 unspecified atom stereocenters. The van der Waals surface area contributed by atoms with Crippen LogP contribution < -0.4 is 5.73 Å². The average Bonchev–Trinajstić information content (AvgIpc) is 3.19. The van der Waals surface area contributed by atoms with Gasteiger partial charge in [-0.3, -0.25) is 0 Å². The van der Waals surface area contributed by atoms with Crippen LogP contribution in [0.1, 0.15) is 129 Å². The molecule has 0 saturated carbocycles. The minimum absolute atomic E-state index is 0.0397. The lowest BCUT2D eigenvalue weighted by molar-refractivity contribution is -0.778. The number of quaternary nitrogens is 1. The van der Waals surface area contributed by atoms with Crippen molar-refractivity contribution in [2.24, 2.45) is 10.7 Å². The highest BCUT2D eigenvalue weighted by molar-refractivity contribution is 5.81. The summed E-state index contributed by atoms with van der Waals surface area (Å²) < 4.78 is 0.301. The molecule has 196 valence electrons. The molecule has 5 nitrogen and oxygen atoms in total. The molecule has 0 amide bonds.